The monoisotopic (exact) mass is 537 g/mol. The quantitative estimate of drug-likeness (QED) is 0.369. The molecule has 0 unspecified atom stereocenters. The summed E-state index contributed by atoms with van der Waals surface area (Å²) in [4.78, 5) is 26.1. The van der Waals surface area contributed by atoms with Crippen molar-refractivity contribution in [1.82, 2.24) is 19.9 Å². The third-order valence-electron chi connectivity index (χ3n) is 6.87. The van der Waals surface area contributed by atoms with E-state index in [0.29, 0.717) is 47.4 Å². The first-order valence-electron chi connectivity index (χ1n) is 12.3. The van der Waals surface area contributed by atoms with E-state index in [1.807, 2.05) is 6.92 Å². The van der Waals surface area contributed by atoms with Crippen LogP contribution >= 0.6 is 0 Å². The fraction of sp³-hybridized carbons (Fsp3) is 0.296. The van der Waals surface area contributed by atoms with Crippen LogP contribution in [0, 0.1) is 12.7 Å². The molecular formula is C27H28FN5O4S. The van der Waals surface area contributed by atoms with Gasteiger partial charge in [0.1, 0.15) is 12.0 Å². The lowest BCUT2D eigenvalue weighted by atomic mass is 10.0. The number of nitrogens with two attached hydrogens (primary N) is 1. The van der Waals surface area contributed by atoms with Gasteiger partial charge < -0.3 is 20.4 Å². The molecule has 0 spiro atoms. The summed E-state index contributed by atoms with van der Waals surface area (Å²) in [5.41, 5.74) is 8.20. The predicted molar refractivity (Wildman–Crippen MR) is 140 cm³/mol. The molecule has 0 bridgehead atoms. The molecule has 198 valence electrons. The van der Waals surface area contributed by atoms with E-state index in [1.54, 1.807) is 47.5 Å². The highest BCUT2D eigenvalue weighted by molar-refractivity contribution is 7.92. The largest absolute Gasteiger partial charge is 0.435 e. The summed E-state index contributed by atoms with van der Waals surface area (Å²) in [6.07, 6.45) is 3.92. The van der Waals surface area contributed by atoms with Gasteiger partial charge in [-0.1, -0.05) is 24.3 Å². The van der Waals surface area contributed by atoms with Crippen LogP contribution in [-0.2, 0) is 21.1 Å². The number of likely N-dealkylation sites (tertiary alicyclic amines) is 1. The minimum Gasteiger partial charge on any atom is -0.435 e. The van der Waals surface area contributed by atoms with Crippen LogP contribution in [0.5, 0.6) is 11.6 Å². The van der Waals surface area contributed by atoms with Crippen LogP contribution in [0.4, 0.5) is 4.39 Å². The first-order valence-corrected chi connectivity index (χ1v) is 13.9. The second-order valence-electron chi connectivity index (χ2n) is 9.43. The minimum absolute atomic E-state index is 0.00375. The minimum atomic E-state index is -3.46. The number of hydrogen-bond acceptors (Lipinski definition) is 7. The maximum absolute atomic E-state index is 14.9. The molecule has 0 radical (unpaired) electrons. The number of aryl methyl sites for hydroxylation is 1. The van der Waals surface area contributed by atoms with Crippen LogP contribution in [-0.4, -0.2) is 58.6 Å². The lowest BCUT2D eigenvalue weighted by Crippen LogP contribution is -2.49. The number of aromatic amines is 1. The second kappa shape index (κ2) is 10.5. The number of hydrogen-bond donors (Lipinski definition) is 2. The summed E-state index contributed by atoms with van der Waals surface area (Å²) >= 11 is 0. The van der Waals surface area contributed by atoms with E-state index in [9.17, 15) is 17.6 Å². The summed E-state index contributed by atoms with van der Waals surface area (Å²) in [6.45, 7) is 2.48. The Morgan fingerprint density at radius 3 is 2.63 bits per heavy atom. The number of fused-ring (bicyclic) bond motifs is 1. The lowest BCUT2D eigenvalue weighted by molar-refractivity contribution is -0.133. The second-order valence-corrected chi connectivity index (χ2v) is 11.7. The molecule has 4 aromatic rings. The summed E-state index contributed by atoms with van der Waals surface area (Å²) in [6, 6.07) is 11.9. The highest BCUT2D eigenvalue weighted by Crippen LogP contribution is 2.31. The molecular weight excluding hydrogens is 509 g/mol. The van der Waals surface area contributed by atoms with Gasteiger partial charge in [-0.05, 0) is 61.6 Å². The first-order chi connectivity index (χ1) is 18.2. The number of nitrogens with zero attached hydrogens (tertiary/aromatic N) is 3. The van der Waals surface area contributed by atoms with Crippen molar-refractivity contribution in [2.24, 2.45) is 5.73 Å². The number of halogens is 1. The Morgan fingerprint density at radius 2 is 1.92 bits per heavy atom. The molecule has 5 rings (SSSR count). The highest BCUT2D eigenvalue weighted by atomic mass is 32.2. The summed E-state index contributed by atoms with van der Waals surface area (Å²) in [7, 11) is -3.46. The number of carbonyl (C=O) groups excluding carboxylic acids is 1. The third kappa shape index (κ3) is 5.11. The number of nitrogens with one attached hydrogen (secondary N) is 1. The van der Waals surface area contributed by atoms with E-state index in [4.69, 9.17) is 10.5 Å². The Bertz CT molecular complexity index is 1570. The van der Waals surface area contributed by atoms with E-state index in [0.717, 1.165) is 5.56 Å². The molecule has 1 amide bonds. The number of H-pyrrole nitrogens is 1. The zero-order valence-corrected chi connectivity index (χ0v) is 21.6. The average molecular weight is 538 g/mol. The third-order valence-corrected chi connectivity index (χ3v) is 9.15. The van der Waals surface area contributed by atoms with Crippen LogP contribution in [0.2, 0.25) is 0 Å². The van der Waals surface area contributed by atoms with Crippen molar-refractivity contribution in [2.45, 2.75) is 42.4 Å². The number of ether oxygens (including phenoxy) is 1. The number of amides is 1. The topological polar surface area (TPSA) is 131 Å². The summed E-state index contributed by atoms with van der Waals surface area (Å²) < 4.78 is 46.4. The fourth-order valence-corrected chi connectivity index (χ4v) is 6.54. The Hall–Kier alpha value is -3.83. The van der Waals surface area contributed by atoms with Gasteiger partial charge in [-0.15, -0.1) is 0 Å². The first kappa shape index (κ1) is 25.8. The zero-order chi connectivity index (χ0) is 26.9. The average Bonchev–Trinajstić information content (AvgIpc) is 3.32. The van der Waals surface area contributed by atoms with Crippen LogP contribution in [0.25, 0.3) is 11.0 Å². The molecule has 0 aliphatic carbocycles. The van der Waals surface area contributed by atoms with Crippen molar-refractivity contribution in [3.8, 4) is 11.6 Å². The molecule has 2 aromatic heterocycles. The van der Waals surface area contributed by atoms with Gasteiger partial charge >= 0.3 is 0 Å². The molecule has 1 aliphatic heterocycles. The van der Waals surface area contributed by atoms with Crippen LogP contribution in [0.3, 0.4) is 0 Å². The zero-order valence-electron chi connectivity index (χ0n) is 20.8. The molecule has 1 fully saturated rings. The van der Waals surface area contributed by atoms with Gasteiger partial charge in [-0.25, -0.2) is 22.8 Å². The van der Waals surface area contributed by atoms with Gasteiger partial charge in [-0.3, -0.25) is 4.79 Å². The molecule has 9 nitrogen and oxygen atoms in total. The highest BCUT2D eigenvalue weighted by Gasteiger charge is 2.33. The van der Waals surface area contributed by atoms with Crippen LogP contribution in [0.1, 0.15) is 24.0 Å². The van der Waals surface area contributed by atoms with Gasteiger partial charge in [0.25, 0.3) is 0 Å². The van der Waals surface area contributed by atoms with Crippen molar-refractivity contribution in [2.75, 3.05) is 13.1 Å². The Balaban J connectivity index is 1.20. The summed E-state index contributed by atoms with van der Waals surface area (Å²) in [5.74, 6) is -0.650. The number of carbonyl (C=O) groups is 1. The number of sulfone groups is 1. The molecule has 2 aromatic carbocycles. The molecule has 11 heteroatoms. The van der Waals surface area contributed by atoms with E-state index in [-0.39, 0.29) is 24.0 Å². The van der Waals surface area contributed by atoms with E-state index >= 15 is 0 Å². The summed E-state index contributed by atoms with van der Waals surface area (Å²) in [5, 5.41) is 0.127. The van der Waals surface area contributed by atoms with Crippen molar-refractivity contribution >= 4 is 26.8 Å². The molecule has 38 heavy (non-hydrogen) atoms. The Kier molecular flexibility index (Phi) is 7.13. The number of rotatable bonds is 7. The van der Waals surface area contributed by atoms with Gasteiger partial charge in [-0.2, -0.15) is 0 Å². The van der Waals surface area contributed by atoms with Gasteiger partial charge in [0.2, 0.25) is 11.8 Å². The van der Waals surface area contributed by atoms with Crippen molar-refractivity contribution in [3.05, 3.63) is 78.0 Å². The van der Waals surface area contributed by atoms with Gasteiger partial charge in [0.15, 0.2) is 21.4 Å². The smallest absolute Gasteiger partial charge is 0.239 e. The molecule has 1 saturated heterocycles. The fourth-order valence-electron chi connectivity index (χ4n) is 4.78. The Labute approximate surface area is 219 Å². The van der Waals surface area contributed by atoms with Crippen molar-refractivity contribution < 1.29 is 22.3 Å². The standard InChI is InChI=1S/C27H28FN5O4S/c1-17-15-30-25-24(17)26(32-16-31-25)37-23-8-7-18(13-21(23)28)14-22(29)27(34)33-11-9-20(10-12-33)38(35,36)19-5-3-2-4-6-19/h2-8,13,15-16,20,22H,9-12,14,29H2,1H3,(H,30,31,32)/t22-/m0/s1. The van der Waals surface area contributed by atoms with Crippen LogP contribution in [0.15, 0.2) is 66.0 Å². The lowest BCUT2D eigenvalue weighted by Gasteiger charge is -2.33. The van der Waals surface area contributed by atoms with Crippen molar-refractivity contribution in [1.29, 1.82) is 0 Å². The molecule has 1 aliphatic rings. The normalized spacial score (nSPS) is 15.5. The Morgan fingerprint density at radius 1 is 1.18 bits per heavy atom. The van der Waals surface area contributed by atoms with E-state index in [2.05, 4.69) is 15.0 Å². The molecule has 3 N–H and O–H groups in total. The molecule has 3 heterocycles. The predicted octanol–water partition coefficient (Wildman–Crippen LogP) is 3.53. The number of piperidine rings is 1. The van der Waals surface area contributed by atoms with Crippen molar-refractivity contribution in [3.63, 3.8) is 0 Å². The van der Waals surface area contributed by atoms with Gasteiger partial charge in [0.05, 0.1) is 21.6 Å². The maximum atomic E-state index is 14.9. The van der Waals surface area contributed by atoms with E-state index in [1.165, 1.54) is 18.5 Å². The van der Waals surface area contributed by atoms with Gasteiger partial charge in [0, 0.05) is 19.3 Å². The molecule has 0 saturated carbocycles. The maximum Gasteiger partial charge on any atom is 0.239 e. The van der Waals surface area contributed by atoms with E-state index < -0.39 is 26.9 Å². The number of aromatic nitrogens is 3. The van der Waals surface area contributed by atoms with Crippen LogP contribution < -0.4 is 10.5 Å². The molecule has 1 atom stereocenters. The number of benzene rings is 2. The SMILES string of the molecule is Cc1c[nH]c2ncnc(Oc3ccc(C[C@H](N)C(=O)N4CCC(S(=O)(=O)c5ccccc5)CC4)cc3F)c12.